The van der Waals surface area contributed by atoms with Gasteiger partial charge in [-0.3, -0.25) is 4.79 Å². The average Bonchev–Trinajstić information content (AvgIpc) is 2.63. The molecule has 2 rings (SSSR count). The third-order valence-electron chi connectivity index (χ3n) is 4.07. The van der Waals surface area contributed by atoms with Crippen molar-refractivity contribution in [2.45, 2.75) is 44.6 Å². The quantitative estimate of drug-likeness (QED) is 0.391. The van der Waals surface area contributed by atoms with E-state index >= 15 is 0 Å². The molecular formula is C22H30N2O2S. The summed E-state index contributed by atoms with van der Waals surface area (Å²) in [5.41, 5.74) is 3.18. The van der Waals surface area contributed by atoms with Crippen LogP contribution >= 0.6 is 11.8 Å². The molecule has 27 heavy (non-hydrogen) atoms. The minimum atomic E-state index is -0.182. The lowest BCUT2D eigenvalue weighted by Gasteiger charge is -2.22. The second kappa shape index (κ2) is 10.9. The highest BCUT2D eigenvalue weighted by Gasteiger charge is 2.13. The molecule has 0 aliphatic heterocycles. The van der Waals surface area contributed by atoms with Crippen LogP contribution in [0.25, 0.3) is 0 Å². The summed E-state index contributed by atoms with van der Waals surface area (Å²) in [5.74, 6) is 1.13. The number of benzene rings is 2. The normalized spacial score (nSPS) is 11.9. The van der Waals surface area contributed by atoms with Gasteiger partial charge in [0.1, 0.15) is 0 Å². The molecule has 0 saturated heterocycles. The van der Waals surface area contributed by atoms with Gasteiger partial charge in [0, 0.05) is 17.5 Å². The predicted molar refractivity (Wildman–Crippen MR) is 116 cm³/mol. The monoisotopic (exact) mass is 386 g/mol. The fourth-order valence-corrected chi connectivity index (χ4v) is 3.98. The van der Waals surface area contributed by atoms with Crippen LogP contribution in [0, 0.1) is 5.92 Å². The van der Waals surface area contributed by atoms with Crippen molar-refractivity contribution >= 4 is 34.8 Å². The first-order valence-electron chi connectivity index (χ1n) is 9.40. The molecule has 0 saturated carbocycles. The summed E-state index contributed by atoms with van der Waals surface area (Å²) in [5, 5.41) is 7.15. The van der Waals surface area contributed by atoms with Gasteiger partial charge in [-0.15, -0.1) is 11.8 Å². The molecule has 146 valence electrons. The van der Waals surface area contributed by atoms with Crippen molar-refractivity contribution in [3.05, 3.63) is 48.5 Å². The molecule has 0 fully saturated rings. The highest BCUT2D eigenvalue weighted by atomic mass is 32.2. The Morgan fingerprint density at radius 1 is 1.04 bits per heavy atom. The zero-order valence-corrected chi connectivity index (χ0v) is 17.4. The number of para-hydroxylation sites is 1. The number of nitrogens with one attached hydrogen (secondary N) is 2. The first kappa shape index (κ1) is 21.2. The number of anilines is 3. The molecule has 0 aliphatic carbocycles. The Kier molecular flexibility index (Phi) is 8.52. The molecule has 2 N–H and O–H groups in total. The maximum Gasteiger partial charge on any atom is 0.306 e. The van der Waals surface area contributed by atoms with Crippen LogP contribution < -0.4 is 10.6 Å². The van der Waals surface area contributed by atoms with Crippen molar-refractivity contribution < 1.29 is 9.53 Å². The van der Waals surface area contributed by atoms with Crippen molar-refractivity contribution in [2.24, 2.45) is 5.92 Å². The standard InChI is InChI=1S/C22H30N2O2S/c1-16(2)15-17(3)23-19-11-8-12-20(24-18-9-6-5-7-10-18)22(19)27-14-13-21(25)26-4/h5-12,16-17,23-24H,13-15H2,1-4H3. The van der Waals surface area contributed by atoms with Crippen LogP contribution in [0.3, 0.4) is 0 Å². The Morgan fingerprint density at radius 2 is 1.74 bits per heavy atom. The molecule has 4 nitrogen and oxygen atoms in total. The Hall–Kier alpha value is -2.14. The summed E-state index contributed by atoms with van der Waals surface area (Å²) in [6, 6.07) is 16.7. The molecule has 2 aromatic rings. The molecule has 1 unspecified atom stereocenters. The summed E-state index contributed by atoms with van der Waals surface area (Å²) in [6.07, 6.45) is 1.49. The van der Waals surface area contributed by atoms with Gasteiger partial charge in [-0.1, -0.05) is 38.1 Å². The zero-order valence-electron chi connectivity index (χ0n) is 16.6. The number of hydrogen-bond acceptors (Lipinski definition) is 5. The first-order chi connectivity index (χ1) is 13.0. The molecule has 0 aromatic heterocycles. The second-order valence-electron chi connectivity index (χ2n) is 7.02. The fourth-order valence-electron chi connectivity index (χ4n) is 2.95. The Bertz CT molecular complexity index is 720. The second-order valence-corrected chi connectivity index (χ2v) is 8.13. The van der Waals surface area contributed by atoms with E-state index in [1.54, 1.807) is 11.8 Å². The van der Waals surface area contributed by atoms with Crippen LogP contribution in [0.2, 0.25) is 0 Å². The Balaban J connectivity index is 2.22. The van der Waals surface area contributed by atoms with Crippen LogP contribution in [-0.4, -0.2) is 24.9 Å². The molecule has 0 amide bonds. The van der Waals surface area contributed by atoms with Crippen LogP contribution in [0.15, 0.2) is 53.4 Å². The maximum atomic E-state index is 11.5. The molecule has 0 aliphatic rings. The number of methoxy groups -OCH3 is 1. The van der Waals surface area contributed by atoms with Gasteiger partial charge >= 0.3 is 5.97 Å². The number of esters is 1. The third-order valence-corrected chi connectivity index (χ3v) is 5.21. The Morgan fingerprint density at radius 3 is 2.41 bits per heavy atom. The smallest absolute Gasteiger partial charge is 0.306 e. The third kappa shape index (κ3) is 7.18. The topological polar surface area (TPSA) is 50.4 Å². The number of ether oxygens (including phenoxy) is 1. The fraction of sp³-hybridized carbons (Fsp3) is 0.409. The van der Waals surface area contributed by atoms with Gasteiger partial charge < -0.3 is 15.4 Å². The first-order valence-corrected chi connectivity index (χ1v) is 10.4. The molecule has 0 spiro atoms. The molecule has 5 heteroatoms. The molecule has 0 radical (unpaired) electrons. The molecule has 1 atom stereocenters. The van der Waals surface area contributed by atoms with Gasteiger partial charge in [0.2, 0.25) is 0 Å². The number of thioether (sulfide) groups is 1. The lowest BCUT2D eigenvalue weighted by Crippen LogP contribution is -2.18. The largest absolute Gasteiger partial charge is 0.469 e. The highest BCUT2D eigenvalue weighted by molar-refractivity contribution is 7.99. The van der Waals surface area contributed by atoms with Crippen molar-refractivity contribution in [3.8, 4) is 0 Å². The summed E-state index contributed by atoms with van der Waals surface area (Å²) in [4.78, 5) is 12.6. The molecular weight excluding hydrogens is 356 g/mol. The van der Waals surface area contributed by atoms with Crippen molar-refractivity contribution in [1.82, 2.24) is 0 Å². The minimum Gasteiger partial charge on any atom is -0.469 e. The van der Waals surface area contributed by atoms with Crippen LogP contribution in [0.4, 0.5) is 17.1 Å². The Labute approximate surface area is 167 Å². The van der Waals surface area contributed by atoms with E-state index in [1.165, 1.54) is 7.11 Å². The van der Waals surface area contributed by atoms with Gasteiger partial charge in [0.25, 0.3) is 0 Å². The van der Waals surface area contributed by atoms with Crippen LogP contribution in [0.5, 0.6) is 0 Å². The van der Waals surface area contributed by atoms with E-state index in [0.29, 0.717) is 24.1 Å². The van der Waals surface area contributed by atoms with Gasteiger partial charge in [0.15, 0.2) is 0 Å². The van der Waals surface area contributed by atoms with Crippen molar-refractivity contribution in [1.29, 1.82) is 0 Å². The predicted octanol–water partition coefficient (Wildman–Crippen LogP) is 5.93. The molecule has 0 heterocycles. The van der Waals surface area contributed by atoms with Crippen LogP contribution in [-0.2, 0) is 9.53 Å². The summed E-state index contributed by atoms with van der Waals surface area (Å²) < 4.78 is 4.77. The summed E-state index contributed by atoms with van der Waals surface area (Å²) in [6.45, 7) is 6.68. The molecule has 2 aromatic carbocycles. The summed E-state index contributed by atoms with van der Waals surface area (Å²) in [7, 11) is 1.43. The van der Waals surface area contributed by atoms with Gasteiger partial charge in [0.05, 0.1) is 29.8 Å². The van der Waals surface area contributed by atoms with E-state index < -0.39 is 0 Å². The van der Waals surface area contributed by atoms with E-state index in [1.807, 2.05) is 30.3 Å². The van der Waals surface area contributed by atoms with E-state index in [4.69, 9.17) is 4.74 Å². The van der Waals surface area contributed by atoms with Gasteiger partial charge in [-0.05, 0) is 43.5 Å². The number of hydrogen-bond donors (Lipinski definition) is 2. The van der Waals surface area contributed by atoms with Crippen molar-refractivity contribution in [3.63, 3.8) is 0 Å². The molecule has 0 bridgehead atoms. The lowest BCUT2D eigenvalue weighted by molar-refractivity contribution is -0.140. The maximum absolute atomic E-state index is 11.5. The number of carbonyl (C=O) groups excluding carboxylic acids is 1. The average molecular weight is 387 g/mol. The van der Waals surface area contributed by atoms with Crippen molar-refractivity contribution in [2.75, 3.05) is 23.5 Å². The number of rotatable bonds is 10. The number of carbonyl (C=O) groups is 1. The zero-order chi connectivity index (χ0) is 19.6. The van der Waals surface area contributed by atoms with Gasteiger partial charge in [-0.25, -0.2) is 0 Å². The minimum absolute atomic E-state index is 0.182. The summed E-state index contributed by atoms with van der Waals surface area (Å²) >= 11 is 1.67. The van der Waals surface area contributed by atoms with E-state index in [-0.39, 0.29) is 5.97 Å². The SMILES string of the molecule is COC(=O)CCSc1c(Nc2ccccc2)cccc1NC(C)CC(C)C. The van der Waals surface area contributed by atoms with Crippen LogP contribution in [0.1, 0.15) is 33.6 Å². The van der Waals surface area contributed by atoms with E-state index in [2.05, 4.69) is 49.6 Å². The lowest BCUT2D eigenvalue weighted by atomic mass is 10.1. The highest BCUT2D eigenvalue weighted by Crippen LogP contribution is 2.37. The van der Waals surface area contributed by atoms with E-state index in [0.717, 1.165) is 28.4 Å². The van der Waals surface area contributed by atoms with Gasteiger partial charge in [-0.2, -0.15) is 0 Å². The van der Waals surface area contributed by atoms with E-state index in [9.17, 15) is 4.79 Å².